The molecule has 0 bridgehead atoms. The van der Waals surface area contributed by atoms with E-state index in [4.69, 9.17) is 9.84 Å². The summed E-state index contributed by atoms with van der Waals surface area (Å²) in [6.45, 7) is 0. The van der Waals surface area contributed by atoms with E-state index in [1.165, 1.54) is 7.11 Å². The van der Waals surface area contributed by atoms with Gasteiger partial charge in [-0.3, -0.25) is 0 Å². The lowest BCUT2D eigenvalue weighted by Crippen LogP contribution is -2.06. The number of halogens is 1. The molecule has 0 aliphatic heterocycles. The van der Waals surface area contributed by atoms with E-state index in [0.717, 1.165) is 5.56 Å². The van der Waals surface area contributed by atoms with Gasteiger partial charge in [-0.25, -0.2) is 4.79 Å². The predicted octanol–water partition coefficient (Wildman–Crippen LogP) is 2.52. The van der Waals surface area contributed by atoms with E-state index < -0.39 is 5.97 Å². The lowest BCUT2D eigenvalue weighted by molar-refractivity contribution is -0.132. The van der Waals surface area contributed by atoms with Gasteiger partial charge >= 0.3 is 5.97 Å². The first-order chi connectivity index (χ1) is 7.20. The summed E-state index contributed by atoms with van der Waals surface area (Å²) in [6.07, 6.45) is 0. The molecule has 0 aromatic heterocycles. The Bertz CT molecular complexity index is 371. The number of aliphatic carboxylic acids is 1. The van der Waals surface area contributed by atoms with Crippen LogP contribution in [0.4, 0.5) is 0 Å². The third kappa shape index (κ3) is 2.83. The van der Waals surface area contributed by atoms with E-state index in [-0.39, 0.29) is 10.9 Å². The molecule has 0 fully saturated rings. The summed E-state index contributed by atoms with van der Waals surface area (Å²) < 4.78 is 5.12. The first kappa shape index (κ1) is 11.8. The fourth-order valence-electron chi connectivity index (χ4n) is 1.22. The number of hydrogen-bond donors (Lipinski definition) is 1. The molecule has 0 saturated heterocycles. The molecule has 1 rings (SSSR count). The second-order valence-electron chi connectivity index (χ2n) is 2.82. The van der Waals surface area contributed by atoms with Gasteiger partial charge in [0.2, 0.25) is 0 Å². The number of carboxylic acid groups (broad SMARTS) is 1. The highest BCUT2D eigenvalue weighted by Crippen LogP contribution is 2.20. The van der Waals surface area contributed by atoms with Crippen LogP contribution in [0.1, 0.15) is 5.56 Å². The summed E-state index contributed by atoms with van der Waals surface area (Å²) >= 11 is 3.14. The SMILES string of the molecule is CO/C(=C(/CBr)C(=O)O)c1ccccc1. The van der Waals surface area contributed by atoms with Gasteiger partial charge in [0.1, 0.15) is 5.76 Å². The minimum absolute atomic E-state index is 0.212. The number of carbonyl (C=O) groups is 1. The van der Waals surface area contributed by atoms with Crippen LogP contribution in [-0.2, 0) is 9.53 Å². The monoisotopic (exact) mass is 270 g/mol. The molecule has 80 valence electrons. The Hall–Kier alpha value is -1.29. The van der Waals surface area contributed by atoms with Crippen molar-refractivity contribution in [1.82, 2.24) is 0 Å². The Kier molecular flexibility index (Phi) is 4.37. The zero-order valence-corrected chi connectivity index (χ0v) is 9.82. The molecule has 0 saturated carbocycles. The first-order valence-electron chi connectivity index (χ1n) is 4.32. The zero-order chi connectivity index (χ0) is 11.3. The van der Waals surface area contributed by atoms with Crippen molar-refractivity contribution in [3.05, 3.63) is 41.5 Å². The number of alkyl halides is 1. The normalized spacial score (nSPS) is 11.9. The maximum Gasteiger partial charge on any atom is 0.336 e. The molecule has 4 heteroatoms. The van der Waals surface area contributed by atoms with E-state index >= 15 is 0 Å². The maximum absolute atomic E-state index is 10.9. The molecule has 0 aliphatic rings. The molecule has 1 aromatic carbocycles. The number of carboxylic acids is 1. The first-order valence-corrected chi connectivity index (χ1v) is 5.44. The van der Waals surface area contributed by atoms with E-state index in [1.54, 1.807) is 0 Å². The van der Waals surface area contributed by atoms with Gasteiger partial charge in [0.15, 0.2) is 0 Å². The zero-order valence-electron chi connectivity index (χ0n) is 8.24. The molecular weight excluding hydrogens is 260 g/mol. The van der Waals surface area contributed by atoms with Crippen LogP contribution in [-0.4, -0.2) is 23.5 Å². The smallest absolute Gasteiger partial charge is 0.336 e. The average molecular weight is 271 g/mol. The summed E-state index contributed by atoms with van der Waals surface area (Å²) in [5, 5.41) is 9.22. The average Bonchev–Trinajstić information content (AvgIpc) is 2.26. The number of methoxy groups -OCH3 is 1. The van der Waals surface area contributed by atoms with E-state index in [9.17, 15) is 4.79 Å². The molecule has 0 amide bonds. The van der Waals surface area contributed by atoms with Crippen molar-refractivity contribution >= 4 is 27.7 Å². The molecule has 0 unspecified atom stereocenters. The van der Waals surface area contributed by atoms with Crippen LogP contribution < -0.4 is 0 Å². The van der Waals surface area contributed by atoms with Gasteiger partial charge in [-0.05, 0) is 0 Å². The topological polar surface area (TPSA) is 46.5 Å². The molecule has 15 heavy (non-hydrogen) atoms. The summed E-state index contributed by atoms with van der Waals surface area (Å²) in [5.41, 5.74) is 0.973. The van der Waals surface area contributed by atoms with Crippen molar-refractivity contribution < 1.29 is 14.6 Å². The van der Waals surface area contributed by atoms with Crippen molar-refractivity contribution in [3.63, 3.8) is 0 Å². The molecule has 3 nitrogen and oxygen atoms in total. The molecule has 0 heterocycles. The van der Waals surface area contributed by atoms with Gasteiger partial charge < -0.3 is 9.84 Å². The second-order valence-corrected chi connectivity index (χ2v) is 3.38. The standard InChI is InChI=1S/C11H11BrO3/c1-15-10(9(7-12)11(13)14)8-5-3-2-4-6-8/h2-6H,7H2,1H3,(H,13,14)/b10-9-. The molecule has 1 N–H and O–H groups in total. The number of ether oxygens (including phenoxy) is 1. The maximum atomic E-state index is 10.9. The highest BCUT2D eigenvalue weighted by molar-refractivity contribution is 9.09. The van der Waals surface area contributed by atoms with Crippen molar-refractivity contribution in [2.75, 3.05) is 12.4 Å². The molecule has 0 aliphatic carbocycles. The summed E-state index contributed by atoms with van der Waals surface area (Å²) in [5.74, 6) is -0.590. The van der Waals surface area contributed by atoms with Crippen molar-refractivity contribution in [3.8, 4) is 0 Å². The van der Waals surface area contributed by atoms with Crippen LogP contribution in [0.3, 0.4) is 0 Å². The molecule has 0 spiro atoms. The van der Waals surface area contributed by atoms with Gasteiger partial charge in [0, 0.05) is 10.9 Å². The molecule has 1 aromatic rings. The largest absolute Gasteiger partial charge is 0.496 e. The third-order valence-electron chi connectivity index (χ3n) is 1.91. The highest BCUT2D eigenvalue weighted by Gasteiger charge is 2.15. The number of rotatable bonds is 4. The highest BCUT2D eigenvalue weighted by atomic mass is 79.9. The minimum atomic E-state index is -0.979. The second kappa shape index (κ2) is 5.56. The quantitative estimate of drug-likeness (QED) is 0.520. The lowest BCUT2D eigenvalue weighted by atomic mass is 10.1. The Labute approximate surface area is 96.5 Å². The van der Waals surface area contributed by atoms with Gasteiger partial charge in [0.25, 0.3) is 0 Å². The van der Waals surface area contributed by atoms with Crippen molar-refractivity contribution in [1.29, 1.82) is 0 Å². The van der Waals surface area contributed by atoms with Crippen LogP contribution in [0.5, 0.6) is 0 Å². The fourth-order valence-corrected chi connectivity index (χ4v) is 1.71. The van der Waals surface area contributed by atoms with Crippen molar-refractivity contribution in [2.45, 2.75) is 0 Å². The van der Waals surface area contributed by atoms with Gasteiger partial charge in [-0.15, -0.1) is 0 Å². The van der Waals surface area contributed by atoms with Gasteiger partial charge in [-0.2, -0.15) is 0 Å². The summed E-state index contributed by atoms with van der Waals surface area (Å²) in [4.78, 5) is 10.9. The summed E-state index contributed by atoms with van der Waals surface area (Å²) in [6, 6.07) is 9.16. The number of benzene rings is 1. The van der Waals surface area contributed by atoms with Crippen LogP contribution in [0.15, 0.2) is 35.9 Å². The van der Waals surface area contributed by atoms with Gasteiger partial charge in [0.05, 0.1) is 12.7 Å². The Morgan fingerprint density at radius 2 is 2.00 bits per heavy atom. The third-order valence-corrected chi connectivity index (χ3v) is 2.47. The molecule has 0 radical (unpaired) electrons. The fraction of sp³-hybridized carbons (Fsp3) is 0.182. The predicted molar refractivity (Wildman–Crippen MR) is 61.8 cm³/mol. The van der Waals surface area contributed by atoms with Crippen LogP contribution in [0.2, 0.25) is 0 Å². The number of hydrogen-bond acceptors (Lipinski definition) is 2. The molecular formula is C11H11BrO3. The van der Waals surface area contributed by atoms with Crippen LogP contribution in [0, 0.1) is 0 Å². The minimum Gasteiger partial charge on any atom is -0.496 e. The van der Waals surface area contributed by atoms with E-state index in [0.29, 0.717) is 5.76 Å². The van der Waals surface area contributed by atoms with Crippen LogP contribution in [0.25, 0.3) is 5.76 Å². The Balaban J connectivity index is 3.23. The van der Waals surface area contributed by atoms with E-state index in [1.807, 2.05) is 30.3 Å². The van der Waals surface area contributed by atoms with Crippen LogP contribution >= 0.6 is 15.9 Å². The Morgan fingerprint density at radius 1 is 1.40 bits per heavy atom. The van der Waals surface area contributed by atoms with E-state index in [2.05, 4.69) is 15.9 Å². The van der Waals surface area contributed by atoms with Crippen molar-refractivity contribution in [2.24, 2.45) is 0 Å². The van der Waals surface area contributed by atoms with Gasteiger partial charge in [-0.1, -0.05) is 46.3 Å². The summed E-state index contributed by atoms with van der Waals surface area (Å²) in [7, 11) is 1.47. The molecule has 0 atom stereocenters. The lowest BCUT2D eigenvalue weighted by Gasteiger charge is -2.09. The Morgan fingerprint density at radius 3 is 2.40 bits per heavy atom.